The molecular weight excluding hydrogens is 687 g/mol. The monoisotopic (exact) mass is 717 g/mol. The molecule has 256 valence electrons. The van der Waals surface area contributed by atoms with E-state index in [2.05, 4.69) is 176 Å². The third-order valence-electron chi connectivity index (χ3n) is 10.7. The molecule has 0 aliphatic rings. The molecule has 8 aromatic carbocycles. The lowest BCUT2D eigenvalue weighted by Crippen LogP contribution is -1.98. The maximum Gasteiger partial charge on any atom is 0.162 e. The highest BCUT2D eigenvalue weighted by Gasteiger charge is 2.22. The molecule has 11 aromatic rings. The first kappa shape index (κ1) is 31.5. The number of hydrogen-bond acceptors (Lipinski definition) is 4. The summed E-state index contributed by atoms with van der Waals surface area (Å²) in [4.78, 5) is 16.3. The molecule has 3 heterocycles. The van der Waals surface area contributed by atoms with Gasteiger partial charge in [-0.15, -0.1) is 11.3 Å². The number of fused-ring (bicyclic) bond motifs is 8. The topological polar surface area (TPSA) is 38.7 Å². The highest BCUT2D eigenvalue weighted by atomic mass is 32.1. The summed E-state index contributed by atoms with van der Waals surface area (Å²) in [5.41, 5.74) is 10.1. The Balaban J connectivity index is 1.19. The summed E-state index contributed by atoms with van der Waals surface area (Å²) < 4.78 is 2.46. The smallest absolute Gasteiger partial charge is 0.162 e. The van der Waals surface area contributed by atoms with Gasteiger partial charge in [-0.25, -0.2) is 15.0 Å². The number of nitrogens with zero attached hydrogens (tertiary/aromatic N) is 3. The Morgan fingerprint density at radius 3 is 1.69 bits per heavy atom. The molecule has 0 fully saturated rings. The van der Waals surface area contributed by atoms with E-state index in [9.17, 15) is 0 Å². The second kappa shape index (κ2) is 12.8. The van der Waals surface area contributed by atoms with E-state index in [1.807, 2.05) is 23.5 Å². The summed E-state index contributed by atoms with van der Waals surface area (Å²) in [7, 11) is 0. The molecule has 3 nitrogen and oxygen atoms in total. The van der Waals surface area contributed by atoms with Crippen molar-refractivity contribution >= 4 is 64.0 Å². The van der Waals surface area contributed by atoms with Crippen LogP contribution in [-0.4, -0.2) is 15.0 Å². The molecule has 0 atom stereocenters. The van der Waals surface area contributed by atoms with E-state index in [1.165, 1.54) is 52.8 Å². The van der Waals surface area contributed by atoms with Gasteiger partial charge in [0.1, 0.15) is 0 Å². The molecule has 0 aliphatic heterocycles. The zero-order chi connectivity index (χ0) is 36.3. The van der Waals surface area contributed by atoms with E-state index in [1.54, 1.807) is 0 Å². The second-order valence-electron chi connectivity index (χ2n) is 13.9. The van der Waals surface area contributed by atoms with Crippen LogP contribution >= 0.6 is 11.3 Å². The molecule has 0 radical (unpaired) electrons. The van der Waals surface area contributed by atoms with Crippen LogP contribution in [0.4, 0.5) is 0 Å². The van der Waals surface area contributed by atoms with Crippen molar-refractivity contribution in [2.75, 3.05) is 0 Å². The van der Waals surface area contributed by atoms with Crippen molar-refractivity contribution in [1.29, 1.82) is 0 Å². The van der Waals surface area contributed by atoms with Crippen molar-refractivity contribution in [2.45, 2.75) is 0 Å². The fourth-order valence-corrected chi connectivity index (χ4v) is 9.28. The van der Waals surface area contributed by atoms with E-state index >= 15 is 0 Å². The summed E-state index contributed by atoms with van der Waals surface area (Å²) in [5.74, 6) is 0.649. The summed E-state index contributed by atoms with van der Waals surface area (Å²) in [6.45, 7) is 0. The quantitative estimate of drug-likeness (QED) is 0.166. The zero-order valence-corrected chi connectivity index (χ0v) is 30.5. The van der Waals surface area contributed by atoms with Gasteiger partial charge in [-0.05, 0) is 56.9 Å². The Morgan fingerprint density at radius 2 is 0.927 bits per heavy atom. The minimum atomic E-state index is 0.649. The molecule has 0 saturated heterocycles. The normalized spacial score (nSPS) is 11.6. The SMILES string of the molecule is c1ccc(-c2ccc(-c3cc(-c4ccccc4)nc(-c4cccc5c4nc(-c4cc6ccccc6c6ccccc46)c4c6ccccc6sc54)n3)cc2)cc1. The lowest BCUT2D eigenvalue weighted by molar-refractivity contribution is 1.18. The van der Waals surface area contributed by atoms with Crippen LogP contribution < -0.4 is 0 Å². The average Bonchev–Trinajstić information content (AvgIpc) is 3.66. The van der Waals surface area contributed by atoms with Crippen LogP contribution in [0.3, 0.4) is 0 Å². The van der Waals surface area contributed by atoms with Gasteiger partial charge in [0.15, 0.2) is 5.82 Å². The van der Waals surface area contributed by atoms with E-state index in [4.69, 9.17) is 15.0 Å². The van der Waals surface area contributed by atoms with Gasteiger partial charge in [0, 0.05) is 47.8 Å². The predicted molar refractivity (Wildman–Crippen MR) is 232 cm³/mol. The highest BCUT2D eigenvalue weighted by molar-refractivity contribution is 7.26. The molecule has 3 aromatic heterocycles. The van der Waals surface area contributed by atoms with E-state index < -0.39 is 0 Å². The minimum Gasteiger partial charge on any atom is -0.246 e. The van der Waals surface area contributed by atoms with E-state index in [-0.39, 0.29) is 0 Å². The number of thiophene rings is 1. The first-order valence-corrected chi connectivity index (χ1v) is 19.3. The molecule has 0 spiro atoms. The van der Waals surface area contributed by atoms with Crippen molar-refractivity contribution in [2.24, 2.45) is 0 Å². The van der Waals surface area contributed by atoms with E-state index in [0.29, 0.717) is 5.82 Å². The largest absolute Gasteiger partial charge is 0.246 e. The van der Waals surface area contributed by atoms with Crippen molar-refractivity contribution in [3.8, 4) is 56.3 Å². The van der Waals surface area contributed by atoms with Crippen molar-refractivity contribution in [1.82, 2.24) is 15.0 Å². The average molecular weight is 718 g/mol. The number of pyridine rings is 1. The Kier molecular flexibility index (Phi) is 7.35. The van der Waals surface area contributed by atoms with Crippen LogP contribution in [0.5, 0.6) is 0 Å². The van der Waals surface area contributed by atoms with Gasteiger partial charge in [0.2, 0.25) is 0 Å². The number of benzene rings is 8. The minimum absolute atomic E-state index is 0.649. The fraction of sp³-hybridized carbons (Fsp3) is 0. The van der Waals surface area contributed by atoms with Gasteiger partial charge in [-0.1, -0.05) is 164 Å². The standard InChI is InChI=1S/C51H31N3S/c1-3-14-32(15-4-1)33-26-28-35(29-27-33)45-31-44(34-16-5-2-6-17-34)52-51(53-45)42-24-13-23-41-48(42)54-49(47-40-22-11-12-25-46(40)55-50(41)47)43-30-36-18-7-8-19-37(36)38-20-9-10-21-39(38)43/h1-31H. The molecular formula is C51H31N3S. The molecule has 0 saturated carbocycles. The molecule has 11 rings (SSSR count). The Bertz CT molecular complexity index is 3240. The van der Waals surface area contributed by atoms with Crippen LogP contribution in [0.2, 0.25) is 0 Å². The molecule has 0 amide bonds. The van der Waals surface area contributed by atoms with Crippen LogP contribution in [0, 0.1) is 0 Å². The van der Waals surface area contributed by atoms with Gasteiger partial charge in [-0.3, -0.25) is 0 Å². The molecule has 0 aliphatic carbocycles. The van der Waals surface area contributed by atoms with Crippen LogP contribution in [0.25, 0.3) is 109 Å². The van der Waals surface area contributed by atoms with Gasteiger partial charge < -0.3 is 0 Å². The van der Waals surface area contributed by atoms with Gasteiger partial charge >= 0.3 is 0 Å². The van der Waals surface area contributed by atoms with Crippen molar-refractivity contribution < 1.29 is 0 Å². The van der Waals surface area contributed by atoms with Crippen molar-refractivity contribution in [3.05, 3.63) is 188 Å². The summed E-state index contributed by atoms with van der Waals surface area (Å²) >= 11 is 1.83. The van der Waals surface area contributed by atoms with Gasteiger partial charge in [0.25, 0.3) is 0 Å². The third kappa shape index (κ3) is 5.30. The second-order valence-corrected chi connectivity index (χ2v) is 15.0. The number of hydrogen-bond donors (Lipinski definition) is 0. The third-order valence-corrected chi connectivity index (χ3v) is 11.9. The van der Waals surface area contributed by atoms with Crippen molar-refractivity contribution in [3.63, 3.8) is 0 Å². The molecule has 0 unspecified atom stereocenters. The number of para-hydroxylation sites is 1. The first-order chi connectivity index (χ1) is 27.3. The summed E-state index contributed by atoms with van der Waals surface area (Å²) in [6.07, 6.45) is 0. The van der Waals surface area contributed by atoms with Gasteiger partial charge in [-0.2, -0.15) is 0 Å². The highest BCUT2D eigenvalue weighted by Crippen LogP contribution is 2.46. The van der Waals surface area contributed by atoms with Crippen LogP contribution in [0.1, 0.15) is 0 Å². The first-order valence-electron chi connectivity index (χ1n) is 18.5. The fourth-order valence-electron chi connectivity index (χ4n) is 8.05. The molecule has 55 heavy (non-hydrogen) atoms. The number of aromatic nitrogens is 3. The van der Waals surface area contributed by atoms with Crippen LogP contribution in [-0.2, 0) is 0 Å². The molecule has 0 N–H and O–H groups in total. The van der Waals surface area contributed by atoms with Gasteiger partial charge in [0.05, 0.1) is 22.6 Å². The molecule has 0 bridgehead atoms. The molecule has 4 heteroatoms. The summed E-state index contributed by atoms with van der Waals surface area (Å²) in [5, 5.41) is 8.35. The maximum atomic E-state index is 5.71. The Morgan fingerprint density at radius 1 is 0.364 bits per heavy atom. The lowest BCUT2D eigenvalue weighted by atomic mass is 9.93. The lowest BCUT2D eigenvalue weighted by Gasteiger charge is -2.15. The number of rotatable bonds is 5. The Hall–Kier alpha value is -7.01. The maximum absolute atomic E-state index is 5.71. The van der Waals surface area contributed by atoms with Crippen LogP contribution in [0.15, 0.2) is 188 Å². The predicted octanol–water partition coefficient (Wildman–Crippen LogP) is 14.0. The Labute approximate surface area is 321 Å². The van der Waals surface area contributed by atoms with E-state index in [0.717, 1.165) is 50.2 Å². The summed E-state index contributed by atoms with van der Waals surface area (Å²) in [6, 6.07) is 66.5. The zero-order valence-electron chi connectivity index (χ0n) is 29.6.